The molecule has 30 heavy (non-hydrogen) atoms. The molecule has 2 heterocycles. The summed E-state index contributed by atoms with van der Waals surface area (Å²) in [5.74, 6) is -0.577. The topological polar surface area (TPSA) is 86.6 Å². The predicted octanol–water partition coefficient (Wildman–Crippen LogP) is 3.58. The van der Waals surface area contributed by atoms with Crippen LogP contribution in [0, 0.1) is 0 Å². The molecule has 1 aromatic carbocycles. The molecule has 1 N–H and O–H groups in total. The molecule has 7 nitrogen and oxygen atoms in total. The van der Waals surface area contributed by atoms with E-state index in [1.54, 1.807) is 13.1 Å². The van der Waals surface area contributed by atoms with E-state index in [-0.39, 0.29) is 17.6 Å². The Labute approximate surface area is 176 Å². The first-order valence-electron chi connectivity index (χ1n) is 10.5. The molecule has 1 aromatic heterocycles. The van der Waals surface area contributed by atoms with Crippen LogP contribution in [-0.2, 0) is 28.9 Å². The minimum Gasteiger partial charge on any atom is -0.462 e. The lowest BCUT2D eigenvalue weighted by atomic mass is 9.95. The van der Waals surface area contributed by atoms with E-state index < -0.39 is 17.7 Å². The van der Waals surface area contributed by atoms with E-state index in [9.17, 15) is 14.4 Å². The highest BCUT2D eigenvalue weighted by Gasteiger charge is 2.21. The average molecular weight is 415 g/mol. The van der Waals surface area contributed by atoms with Crippen LogP contribution >= 0.6 is 0 Å². The van der Waals surface area contributed by atoms with Gasteiger partial charge in [0.25, 0.3) is 0 Å². The third-order valence-electron chi connectivity index (χ3n) is 4.96. The second-order valence-electron chi connectivity index (χ2n) is 8.57. The molecule has 0 aliphatic carbocycles. The number of benzene rings is 1. The normalized spacial score (nSPS) is 13.2. The lowest BCUT2D eigenvalue weighted by Gasteiger charge is -2.22. The highest BCUT2D eigenvalue weighted by Crippen LogP contribution is 2.26. The number of hydrogen-bond donors (Lipinski definition) is 1. The molecule has 1 aliphatic heterocycles. The van der Waals surface area contributed by atoms with Gasteiger partial charge in [0, 0.05) is 24.7 Å². The molecular formula is C23H30N2O5. The lowest BCUT2D eigenvalue weighted by molar-refractivity contribution is 0.0515. The Morgan fingerprint density at radius 3 is 2.70 bits per heavy atom. The average Bonchev–Trinajstić information content (AvgIpc) is 2.66. The zero-order valence-electron chi connectivity index (χ0n) is 18.2. The van der Waals surface area contributed by atoms with E-state index in [1.165, 1.54) is 0 Å². The summed E-state index contributed by atoms with van der Waals surface area (Å²) in [4.78, 5) is 37.0. The Balaban J connectivity index is 1.80. The summed E-state index contributed by atoms with van der Waals surface area (Å²) in [6.45, 7) is 8.68. The van der Waals surface area contributed by atoms with E-state index >= 15 is 0 Å². The molecule has 162 valence electrons. The molecule has 0 fully saturated rings. The quantitative estimate of drug-likeness (QED) is 0.577. The van der Waals surface area contributed by atoms with Crippen LogP contribution in [0.4, 0.5) is 4.79 Å². The second kappa shape index (κ2) is 8.90. The van der Waals surface area contributed by atoms with Gasteiger partial charge < -0.3 is 19.4 Å². The fraction of sp³-hybridized carbons (Fsp3) is 0.522. The lowest BCUT2D eigenvalue weighted by Crippen LogP contribution is -2.33. The van der Waals surface area contributed by atoms with E-state index in [2.05, 4.69) is 11.4 Å². The number of nitrogens with one attached hydrogen (secondary N) is 1. The van der Waals surface area contributed by atoms with Gasteiger partial charge in [-0.2, -0.15) is 0 Å². The van der Waals surface area contributed by atoms with Gasteiger partial charge in [0.1, 0.15) is 11.2 Å². The monoisotopic (exact) mass is 414 g/mol. The molecular weight excluding hydrogens is 384 g/mol. The van der Waals surface area contributed by atoms with Crippen molar-refractivity contribution in [2.75, 3.05) is 13.2 Å². The number of carbonyl (C=O) groups excluding carboxylic acids is 2. The van der Waals surface area contributed by atoms with Crippen molar-refractivity contribution in [3.8, 4) is 0 Å². The first-order valence-corrected chi connectivity index (χ1v) is 10.5. The number of rotatable bonds is 6. The molecule has 0 atom stereocenters. The Kier molecular flexibility index (Phi) is 6.48. The van der Waals surface area contributed by atoms with E-state index in [0.717, 1.165) is 42.5 Å². The minimum atomic E-state index is -0.577. The molecule has 1 amide bonds. The number of nitrogens with zero attached hydrogens (tertiary/aromatic N) is 1. The van der Waals surface area contributed by atoms with Crippen LogP contribution in [0.5, 0.6) is 0 Å². The van der Waals surface area contributed by atoms with Gasteiger partial charge >= 0.3 is 12.1 Å². The van der Waals surface area contributed by atoms with Crippen molar-refractivity contribution in [2.24, 2.45) is 0 Å². The van der Waals surface area contributed by atoms with Gasteiger partial charge in [0.2, 0.25) is 5.43 Å². The van der Waals surface area contributed by atoms with Crippen molar-refractivity contribution in [1.82, 2.24) is 9.88 Å². The maximum Gasteiger partial charge on any atom is 0.407 e. The van der Waals surface area contributed by atoms with Gasteiger partial charge in [0.15, 0.2) is 0 Å². The van der Waals surface area contributed by atoms with E-state index in [1.807, 2.05) is 31.4 Å². The molecule has 0 saturated heterocycles. The molecule has 7 heteroatoms. The van der Waals surface area contributed by atoms with E-state index in [4.69, 9.17) is 9.47 Å². The summed E-state index contributed by atoms with van der Waals surface area (Å²) in [6.07, 6.45) is 4.49. The molecule has 0 spiro atoms. The number of hydrogen-bond acceptors (Lipinski definition) is 5. The predicted molar refractivity (Wildman–Crippen MR) is 115 cm³/mol. The molecule has 0 unspecified atom stereocenters. The Hall–Kier alpha value is -2.83. The van der Waals surface area contributed by atoms with Crippen LogP contribution in [0.1, 0.15) is 62.0 Å². The standard InChI is InChI=1S/C23H30N2O5/c1-5-29-21(27)18-14-25-11-7-9-16-12-15(13-17(19(16)25)20(18)26)8-6-10-24-22(28)30-23(2,3)4/h12-14H,5-11H2,1-4H3,(H,24,28). The van der Waals surface area contributed by atoms with Crippen LogP contribution in [-0.4, -0.2) is 35.4 Å². The Bertz CT molecular complexity index is 1020. The zero-order valence-corrected chi connectivity index (χ0v) is 18.2. The SMILES string of the molecule is CCOC(=O)c1cn2c3c(cc(CCCNC(=O)OC(C)(C)C)cc3c1=O)CCC2. The minimum absolute atomic E-state index is 0.0842. The summed E-state index contributed by atoms with van der Waals surface area (Å²) < 4.78 is 12.3. The number of amides is 1. The number of aryl methyl sites for hydroxylation is 3. The zero-order chi connectivity index (χ0) is 21.9. The smallest absolute Gasteiger partial charge is 0.407 e. The third-order valence-corrected chi connectivity index (χ3v) is 4.96. The van der Waals surface area contributed by atoms with Gasteiger partial charge in [0.05, 0.1) is 12.1 Å². The number of aromatic nitrogens is 1. The van der Waals surface area contributed by atoms with Crippen LogP contribution < -0.4 is 10.7 Å². The van der Waals surface area contributed by atoms with Gasteiger partial charge in [-0.05, 0) is 70.6 Å². The van der Waals surface area contributed by atoms with Crippen LogP contribution in [0.3, 0.4) is 0 Å². The Morgan fingerprint density at radius 2 is 2.00 bits per heavy atom. The fourth-order valence-electron chi connectivity index (χ4n) is 3.80. The third kappa shape index (κ3) is 5.01. The molecule has 3 rings (SSSR count). The van der Waals surface area contributed by atoms with E-state index in [0.29, 0.717) is 18.4 Å². The number of pyridine rings is 1. The molecule has 2 aromatic rings. The van der Waals surface area contributed by atoms with Crippen molar-refractivity contribution < 1.29 is 19.1 Å². The summed E-state index contributed by atoms with van der Waals surface area (Å²) in [6, 6.07) is 4.01. The largest absolute Gasteiger partial charge is 0.462 e. The van der Waals surface area contributed by atoms with Gasteiger partial charge in [-0.3, -0.25) is 4.79 Å². The number of ether oxygens (including phenoxy) is 2. The van der Waals surface area contributed by atoms with Gasteiger partial charge in [-0.1, -0.05) is 6.07 Å². The van der Waals surface area contributed by atoms with Gasteiger partial charge in [-0.15, -0.1) is 0 Å². The van der Waals surface area contributed by atoms with Crippen molar-refractivity contribution >= 4 is 23.0 Å². The van der Waals surface area contributed by atoms with Gasteiger partial charge in [-0.25, -0.2) is 9.59 Å². The summed E-state index contributed by atoms with van der Waals surface area (Å²) in [5.41, 5.74) is 2.34. The van der Waals surface area contributed by atoms with Crippen molar-refractivity contribution in [3.63, 3.8) is 0 Å². The highest BCUT2D eigenvalue weighted by atomic mass is 16.6. The fourth-order valence-corrected chi connectivity index (χ4v) is 3.80. The number of esters is 1. The maximum atomic E-state index is 13.0. The number of carbonyl (C=O) groups is 2. The van der Waals surface area contributed by atoms with Crippen molar-refractivity contribution in [1.29, 1.82) is 0 Å². The Morgan fingerprint density at radius 1 is 1.23 bits per heavy atom. The van der Waals surface area contributed by atoms with Crippen LogP contribution in [0.25, 0.3) is 10.9 Å². The first kappa shape index (κ1) is 21.9. The highest BCUT2D eigenvalue weighted by molar-refractivity contribution is 5.95. The summed E-state index contributed by atoms with van der Waals surface area (Å²) in [5, 5.41) is 3.32. The maximum absolute atomic E-state index is 13.0. The van der Waals surface area contributed by atoms with Crippen molar-refractivity contribution in [2.45, 2.75) is 65.5 Å². The first-order chi connectivity index (χ1) is 14.2. The van der Waals surface area contributed by atoms with Crippen molar-refractivity contribution in [3.05, 3.63) is 45.2 Å². The summed E-state index contributed by atoms with van der Waals surface area (Å²) >= 11 is 0. The molecule has 0 radical (unpaired) electrons. The number of alkyl carbamates (subject to hydrolysis) is 1. The summed E-state index contributed by atoms with van der Waals surface area (Å²) in [7, 11) is 0. The molecule has 1 aliphatic rings. The molecule has 0 saturated carbocycles. The second-order valence-corrected chi connectivity index (χ2v) is 8.57. The van der Waals surface area contributed by atoms with Crippen LogP contribution in [0.2, 0.25) is 0 Å². The van der Waals surface area contributed by atoms with Crippen LogP contribution in [0.15, 0.2) is 23.1 Å². The molecule has 0 bridgehead atoms.